The minimum Gasteiger partial charge on any atom is -0.496 e. The van der Waals surface area contributed by atoms with Gasteiger partial charge in [-0.15, -0.1) is 5.06 Å². The molecule has 2 amide bonds. The fourth-order valence-corrected chi connectivity index (χ4v) is 7.23. The van der Waals surface area contributed by atoms with Gasteiger partial charge in [0.2, 0.25) is 0 Å². The van der Waals surface area contributed by atoms with Gasteiger partial charge in [-0.05, 0) is 62.1 Å². The largest absolute Gasteiger partial charge is 0.496 e. The number of amides is 2. The number of ether oxygens (including phenoxy) is 3. The maximum absolute atomic E-state index is 13.1. The maximum Gasteiger partial charge on any atom is 0.363 e. The molecule has 6 atom stereocenters. The Morgan fingerprint density at radius 1 is 1.07 bits per heavy atom. The number of aromatic amines is 1. The van der Waals surface area contributed by atoms with E-state index < -0.39 is 41.8 Å². The number of hydrogen-bond acceptors (Lipinski definition) is 8. The fourth-order valence-electron chi connectivity index (χ4n) is 7.23. The van der Waals surface area contributed by atoms with Crippen molar-refractivity contribution in [3.05, 3.63) is 77.0 Å². The predicted octanol–water partition coefficient (Wildman–Crippen LogP) is 4.24. The Bertz CT molecular complexity index is 1580. The normalized spacial score (nSPS) is 28.2. The van der Waals surface area contributed by atoms with Crippen LogP contribution in [0.5, 0.6) is 5.75 Å². The van der Waals surface area contributed by atoms with Gasteiger partial charge in [-0.25, -0.2) is 4.79 Å². The number of likely N-dealkylation sites (tertiary alicyclic amines) is 1. The van der Waals surface area contributed by atoms with Gasteiger partial charge in [-0.2, -0.15) is 0 Å². The van der Waals surface area contributed by atoms with Crippen LogP contribution in [0.25, 0.3) is 10.9 Å². The average Bonchev–Trinajstić information content (AvgIpc) is 3.81. The van der Waals surface area contributed by atoms with E-state index in [2.05, 4.69) is 28.9 Å². The van der Waals surface area contributed by atoms with E-state index in [1.807, 2.05) is 25.3 Å². The average molecular weight is 586 g/mol. The zero-order valence-electron chi connectivity index (χ0n) is 24.4. The van der Waals surface area contributed by atoms with E-state index in [0.29, 0.717) is 18.2 Å². The van der Waals surface area contributed by atoms with Crippen LogP contribution < -0.4 is 4.74 Å². The predicted molar refractivity (Wildman–Crippen MR) is 156 cm³/mol. The molecule has 3 saturated heterocycles. The molecule has 224 valence electrons. The molecule has 10 nitrogen and oxygen atoms in total. The Morgan fingerprint density at radius 3 is 2.47 bits per heavy atom. The number of aryl methyl sites for hydroxylation is 1. The van der Waals surface area contributed by atoms with Crippen molar-refractivity contribution >= 4 is 28.7 Å². The summed E-state index contributed by atoms with van der Waals surface area (Å²) in [6.45, 7) is 6.26. The van der Waals surface area contributed by atoms with Crippen LogP contribution >= 0.6 is 0 Å². The van der Waals surface area contributed by atoms with Gasteiger partial charge in [-0.3, -0.25) is 14.5 Å². The molecular weight excluding hydrogens is 550 g/mol. The van der Waals surface area contributed by atoms with Gasteiger partial charge in [0.05, 0.1) is 42.8 Å². The van der Waals surface area contributed by atoms with Crippen molar-refractivity contribution in [3.63, 3.8) is 0 Å². The zero-order valence-corrected chi connectivity index (χ0v) is 24.4. The number of piperidine rings is 1. The molecule has 0 radical (unpaired) electrons. The van der Waals surface area contributed by atoms with E-state index in [4.69, 9.17) is 19.0 Å². The van der Waals surface area contributed by atoms with Crippen LogP contribution in [0, 0.1) is 18.8 Å². The van der Waals surface area contributed by atoms with E-state index in [-0.39, 0.29) is 17.7 Å². The molecule has 43 heavy (non-hydrogen) atoms. The van der Waals surface area contributed by atoms with E-state index in [1.165, 1.54) is 0 Å². The standard InChI is InChI=1S/C33H35N3O7/c1-4-41-21-12-14-35(17-23-22-11-13-34-30(22)18(2)15-27(23)40-3)24(16-21)19-5-7-20(8-6-19)33(39)43-36-31(37)28-25-9-10-26(42-25)29(28)32(36)38/h5-11,13,15,21,24-26,28-29,34H,4,12,14,16-17H2,1-3H3/t21-,24?,25?,26?,28?,29?/m0/s1. The second-order valence-corrected chi connectivity index (χ2v) is 11.7. The molecule has 2 aromatic carbocycles. The number of hydroxylamine groups is 2. The molecular formula is C33H35N3O7. The summed E-state index contributed by atoms with van der Waals surface area (Å²) < 4.78 is 17.5. The van der Waals surface area contributed by atoms with Crippen LogP contribution in [-0.2, 0) is 30.4 Å². The van der Waals surface area contributed by atoms with Crippen molar-refractivity contribution in [1.29, 1.82) is 0 Å². The molecule has 0 aliphatic carbocycles. The van der Waals surface area contributed by atoms with Gasteiger partial charge in [0.25, 0.3) is 11.8 Å². The Labute approximate surface area is 249 Å². The monoisotopic (exact) mass is 585 g/mol. The summed E-state index contributed by atoms with van der Waals surface area (Å²) >= 11 is 0. The number of nitrogens with zero attached hydrogens (tertiary/aromatic N) is 2. The number of H-pyrrole nitrogens is 1. The molecule has 7 rings (SSSR count). The second-order valence-electron chi connectivity index (χ2n) is 11.7. The lowest BCUT2D eigenvalue weighted by molar-refractivity contribution is -0.177. The highest BCUT2D eigenvalue weighted by atomic mass is 16.7. The molecule has 0 saturated carbocycles. The Balaban J connectivity index is 1.11. The van der Waals surface area contributed by atoms with Crippen LogP contribution in [0.4, 0.5) is 0 Å². The number of rotatable bonds is 8. The van der Waals surface area contributed by atoms with Gasteiger partial charge in [0.15, 0.2) is 0 Å². The highest BCUT2D eigenvalue weighted by molar-refractivity contribution is 6.07. The van der Waals surface area contributed by atoms with Crippen LogP contribution in [0.15, 0.2) is 54.7 Å². The molecule has 1 aromatic heterocycles. The van der Waals surface area contributed by atoms with Crippen molar-refractivity contribution in [1.82, 2.24) is 14.9 Å². The molecule has 10 heteroatoms. The molecule has 5 heterocycles. The first-order chi connectivity index (χ1) is 20.9. The first-order valence-electron chi connectivity index (χ1n) is 14.9. The molecule has 2 bridgehead atoms. The highest BCUT2D eigenvalue weighted by Gasteiger charge is 2.62. The molecule has 0 spiro atoms. The van der Waals surface area contributed by atoms with Crippen molar-refractivity contribution < 1.29 is 33.4 Å². The molecule has 5 unspecified atom stereocenters. The van der Waals surface area contributed by atoms with Crippen molar-refractivity contribution in [2.45, 2.75) is 57.6 Å². The zero-order chi connectivity index (χ0) is 29.8. The number of hydrogen-bond donors (Lipinski definition) is 1. The SMILES string of the molecule is CCO[C@H]1CCN(Cc2c(OC)cc(C)c3[nH]ccc23)C(c2ccc(C(=O)ON3C(=O)C4C5C=CC(O5)C4C3=O)cc2)C1. The van der Waals surface area contributed by atoms with E-state index in [0.717, 1.165) is 52.7 Å². The summed E-state index contributed by atoms with van der Waals surface area (Å²) in [6, 6.07) is 11.4. The summed E-state index contributed by atoms with van der Waals surface area (Å²) in [5, 5.41) is 1.78. The minimum absolute atomic E-state index is 0.0412. The van der Waals surface area contributed by atoms with E-state index in [9.17, 15) is 14.4 Å². The van der Waals surface area contributed by atoms with Gasteiger partial charge in [0.1, 0.15) is 5.75 Å². The van der Waals surface area contributed by atoms with Gasteiger partial charge in [-0.1, -0.05) is 24.3 Å². The van der Waals surface area contributed by atoms with Crippen molar-refractivity contribution in [2.24, 2.45) is 11.8 Å². The lowest BCUT2D eigenvalue weighted by atomic mass is 9.85. The number of carbonyl (C=O) groups is 3. The smallest absolute Gasteiger partial charge is 0.363 e. The quantitative estimate of drug-likeness (QED) is 0.309. The first-order valence-corrected chi connectivity index (χ1v) is 14.9. The minimum atomic E-state index is -0.749. The lowest BCUT2D eigenvalue weighted by Gasteiger charge is -2.40. The Morgan fingerprint density at radius 2 is 1.79 bits per heavy atom. The van der Waals surface area contributed by atoms with E-state index in [1.54, 1.807) is 31.4 Å². The van der Waals surface area contributed by atoms with Crippen LogP contribution in [0.3, 0.4) is 0 Å². The molecule has 4 aliphatic rings. The van der Waals surface area contributed by atoms with Gasteiger partial charge >= 0.3 is 5.97 Å². The Kier molecular flexibility index (Phi) is 7.07. The molecule has 4 aliphatic heterocycles. The summed E-state index contributed by atoms with van der Waals surface area (Å²) in [5.74, 6) is -2.21. The van der Waals surface area contributed by atoms with Gasteiger partial charge in [0, 0.05) is 48.4 Å². The number of imide groups is 1. The fraction of sp³-hybridized carbons (Fsp3) is 0.424. The van der Waals surface area contributed by atoms with Crippen molar-refractivity contribution in [3.8, 4) is 5.75 Å². The lowest BCUT2D eigenvalue weighted by Crippen LogP contribution is -2.39. The molecule has 3 fully saturated rings. The van der Waals surface area contributed by atoms with Crippen LogP contribution in [-0.4, -0.2) is 71.3 Å². The van der Waals surface area contributed by atoms with Crippen LogP contribution in [0.1, 0.15) is 52.9 Å². The highest BCUT2D eigenvalue weighted by Crippen LogP contribution is 2.45. The third-order valence-electron chi connectivity index (χ3n) is 9.34. The second kappa shape index (κ2) is 10.9. The molecule has 3 aromatic rings. The summed E-state index contributed by atoms with van der Waals surface area (Å²) in [5.41, 5.74) is 4.67. The first kappa shape index (κ1) is 27.8. The summed E-state index contributed by atoms with van der Waals surface area (Å²) in [4.78, 5) is 50.0. The third-order valence-corrected chi connectivity index (χ3v) is 9.34. The Hall–Kier alpha value is -3.99. The summed E-state index contributed by atoms with van der Waals surface area (Å²) in [6.07, 6.45) is 6.51. The topological polar surface area (TPSA) is 110 Å². The van der Waals surface area contributed by atoms with Gasteiger partial charge < -0.3 is 24.0 Å². The number of benzene rings is 2. The number of aromatic nitrogens is 1. The third kappa shape index (κ3) is 4.64. The number of nitrogens with one attached hydrogen (secondary N) is 1. The molecule has 1 N–H and O–H groups in total. The van der Waals surface area contributed by atoms with Crippen molar-refractivity contribution in [2.75, 3.05) is 20.3 Å². The number of methoxy groups -OCH3 is 1. The van der Waals surface area contributed by atoms with E-state index >= 15 is 0 Å². The maximum atomic E-state index is 13.1. The summed E-state index contributed by atoms with van der Waals surface area (Å²) in [7, 11) is 1.71. The number of carbonyl (C=O) groups excluding carboxylic acids is 3. The van der Waals surface area contributed by atoms with Crippen LogP contribution in [0.2, 0.25) is 0 Å². The number of fused-ring (bicyclic) bond motifs is 6.